The maximum absolute atomic E-state index is 11.4. The van der Waals surface area contributed by atoms with Crippen molar-refractivity contribution in [3.63, 3.8) is 0 Å². The standard InChI is InChI=1S/C8H15N3O2S/c1-4-14(12,13)11(3)7-8-9-5-6-10(8)2/h5-6H,4,7H2,1-3H3. The van der Waals surface area contributed by atoms with Gasteiger partial charge < -0.3 is 4.57 Å². The highest BCUT2D eigenvalue weighted by Gasteiger charge is 2.16. The molecular formula is C8H15N3O2S. The third-order valence-electron chi connectivity index (χ3n) is 2.12. The van der Waals surface area contributed by atoms with Gasteiger partial charge in [-0.05, 0) is 6.92 Å². The molecule has 0 aliphatic heterocycles. The topological polar surface area (TPSA) is 55.2 Å². The zero-order chi connectivity index (χ0) is 10.8. The van der Waals surface area contributed by atoms with Crippen LogP contribution in [0.1, 0.15) is 12.7 Å². The molecule has 0 atom stereocenters. The van der Waals surface area contributed by atoms with Crippen LogP contribution in [-0.2, 0) is 23.6 Å². The first-order valence-corrected chi connectivity index (χ1v) is 5.98. The number of imidazole rings is 1. The van der Waals surface area contributed by atoms with E-state index in [2.05, 4.69) is 4.98 Å². The Balaban J connectivity index is 2.76. The van der Waals surface area contributed by atoms with Crippen LogP contribution in [0.5, 0.6) is 0 Å². The molecule has 0 bridgehead atoms. The van der Waals surface area contributed by atoms with Crippen molar-refractivity contribution in [2.45, 2.75) is 13.5 Å². The van der Waals surface area contributed by atoms with E-state index in [0.717, 1.165) is 5.82 Å². The normalized spacial score (nSPS) is 12.3. The van der Waals surface area contributed by atoms with Gasteiger partial charge in [0.2, 0.25) is 10.0 Å². The zero-order valence-electron chi connectivity index (χ0n) is 8.64. The molecule has 0 N–H and O–H groups in total. The van der Waals surface area contributed by atoms with Gasteiger partial charge in [0, 0.05) is 26.5 Å². The molecule has 14 heavy (non-hydrogen) atoms. The van der Waals surface area contributed by atoms with E-state index in [1.807, 2.05) is 11.6 Å². The monoisotopic (exact) mass is 217 g/mol. The van der Waals surface area contributed by atoms with Crippen LogP contribution in [0.2, 0.25) is 0 Å². The second-order valence-electron chi connectivity index (χ2n) is 3.11. The molecule has 6 heteroatoms. The number of nitrogens with zero attached hydrogens (tertiary/aromatic N) is 3. The molecule has 1 rings (SSSR count). The van der Waals surface area contributed by atoms with Gasteiger partial charge in [0.1, 0.15) is 5.82 Å². The Bertz CT molecular complexity index is 396. The highest BCUT2D eigenvalue weighted by atomic mass is 32.2. The van der Waals surface area contributed by atoms with Gasteiger partial charge >= 0.3 is 0 Å². The smallest absolute Gasteiger partial charge is 0.213 e. The van der Waals surface area contributed by atoms with Crippen molar-refractivity contribution in [3.05, 3.63) is 18.2 Å². The molecule has 80 valence electrons. The molecule has 1 heterocycles. The number of aryl methyl sites for hydroxylation is 1. The lowest BCUT2D eigenvalue weighted by Gasteiger charge is -2.15. The maximum atomic E-state index is 11.4. The van der Waals surface area contributed by atoms with Crippen molar-refractivity contribution in [2.75, 3.05) is 12.8 Å². The largest absolute Gasteiger partial charge is 0.337 e. The molecule has 0 spiro atoms. The maximum Gasteiger partial charge on any atom is 0.213 e. The summed E-state index contributed by atoms with van der Waals surface area (Å²) in [5.74, 6) is 0.859. The third kappa shape index (κ3) is 2.33. The van der Waals surface area contributed by atoms with Crippen LogP contribution in [0.25, 0.3) is 0 Å². The summed E-state index contributed by atoms with van der Waals surface area (Å²) in [6, 6.07) is 0. The number of aromatic nitrogens is 2. The van der Waals surface area contributed by atoms with Crippen LogP contribution < -0.4 is 0 Å². The van der Waals surface area contributed by atoms with Crippen molar-refractivity contribution in [1.29, 1.82) is 0 Å². The molecule has 0 aliphatic rings. The Morgan fingerprint density at radius 2 is 2.21 bits per heavy atom. The van der Waals surface area contributed by atoms with Gasteiger partial charge in [-0.25, -0.2) is 13.4 Å². The average Bonchev–Trinajstić information content (AvgIpc) is 2.52. The Morgan fingerprint density at radius 1 is 1.57 bits per heavy atom. The van der Waals surface area contributed by atoms with Gasteiger partial charge in [-0.1, -0.05) is 0 Å². The summed E-state index contributed by atoms with van der Waals surface area (Å²) < 4.78 is 26.0. The second kappa shape index (κ2) is 4.10. The van der Waals surface area contributed by atoms with Gasteiger partial charge in [0.05, 0.1) is 12.3 Å². The Kier molecular flexibility index (Phi) is 3.28. The molecule has 0 aromatic carbocycles. The van der Waals surface area contributed by atoms with Crippen molar-refractivity contribution >= 4 is 10.0 Å². The average molecular weight is 217 g/mol. The molecule has 0 unspecified atom stereocenters. The van der Waals surface area contributed by atoms with Crippen LogP contribution in [0, 0.1) is 0 Å². The zero-order valence-corrected chi connectivity index (χ0v) is 9.45. The quantitative estimate of drug-likeness (QED) is 0.724. The predicted molar refractivity (Wildman–Crippen MR) is 54.1 cm³/mol. The molecule has 0 saturated carbocycles. The third-order valence-corrected chi connectivity index (χ3v) is 3.93. The lowest BCUT2D eigenvalue weighted by molar-refractivity contribution is 0.452. The van der Waals surface area contributed by atoms with E-state index in [-0.39, 0.29) is 5.75 Å². The minimum absolute atomic E-state index is 0.119. The minimum Gasteiger partial charge on any atom is -0.337 e. The van der Waals surface area contributed by atoms with Crippen LogP contribution in [-0.4, -0.2) is 35.1 Å². The summed E-state index contributed by atoms with van der Waals surface area (Å²) in [7, 11) is 0.294. The van der Waals surface area contributed by atoms with Crippen molar-refractivity contribution in [1.82, 2.24) is 13.9 Å². The fourth-order valence-electron chi connectivity index (χ4n) is 1.07. The van der Waals surface area contributed by atoms with Crippen LogP contribution >= 0.6 is 0 Å². The first kappa shape index (κ1) is 11.2. The summed E-state index contributed by atoms with van der Waals surface area (Å²) in [6.45, 7) is 1.95. The summed E-state index contributed by atoms with van der Waals surface area (Å²) in [4.78, 5) is 4.06. The fraction of sp³-hybridized carbons (Fsp3) is 0.625. The molecule has 0 saturated heterocycles. The first-order chi connectivity index (χ1) is 6.47. The molecule has 1 aromatic rings. The van der Waals surface area contributed by atoms with Crippen molar-refractivity contribution in [2.24, 2.45) is 7.05 Å². The predicted octanol–water partition coefficient (Wildman–Crippen LogP) is 0.202. The highest BCUT2D eigenvalue weighted by Crippen LogP contribution is 2.04. The molecular weight excluding hydrogens is 202 g/mol. The molecule has 5 nitrogen and oxygen atoms in total. The Labute approximate surface area is 84.4 Å². The van der Waals surface area contributed by atoms with E-state index < -0.39 is 10.0 Å². The SMILES string of the molecule is CCS(=O)(=O)N(C)Cc1nccn1C. The molecule has 0 radical (unpaired) electrons. The van der Waals surface area contributed by atoms with Crippen LogP contribution in [0.15, 0.2) is 12.4 Å². The lowest BCUT2D eigenvalue weighted by atomic mass is 10.6. The van der Waals surface area contributed by atoms with Gasteiger partial charge in [-0.2, -0.15) is 4.31 Å². The van der Waals surface area contributed by atoms with E-state index in [1.54, 1.807) is 26.4 Å². The molecule has 1 aromatic heterocycles. The number of sulfonamides is 1. The summed E-state index contributed by atoms with van der Waals surface area (Å²) in [5, 5.41) is 0. The molecule has 0 aliphatic carbocycles. The summed E-state index contributed by atoms with van der Waals surface area (Å²) >= 11 is 0. The van der Waals surface area contributed by atoms with Crippen molar-refractivity contribution in [3.8, 4) is 0 Å². The Morgan fingerprint density at radius 3 is 2.64 bits per heavy atom. The lowest BCUT2D eigenvalue weighted by Crippen LogP contribution is -2.28. The van der Waals surface area contributed by atoms with E-state index in [4.69, 9.17) is 0 Å². The van der Waals surface area contributed by atoms with E-state index in [9.17, 15) is 8.42 Å². The number of hydrogen-bond acceptors (Lipinski definition) is 3. The Hall–Kier alpha value is -0.880. The summed E-state index contributed by atoms with van der Waals surface area (Å²) in [6.07, 6.45) is 3.45. The van der Waals surface area contributed by atoms with E-state index in [0.29, 0.717) is 6.54 Å². The summed E-state index contributed by atoms with van der Waals surface area (Å²) in [5.41, 5.74) is 0. The first-order valence-electron chi connectivity index (χ1n) is 4.37. The van der Waals surface area contributed by atoms with E-state index >= 15 is 0 Å². The van der Waals surface area contributed by atoms with Gasteiger partial charge in [0.25, 0.3) is 0 Å². The molecule has 0 amide bonds. The van der Waals surface area contributed by atoms with Crippen LogP contribution in [0.3, 0.4) is 0 Å². The fourth-order valence-corrected chi connectivity index (χ4v) is 1.82. The van der Waals surface area contributed by atoms with Crippen LogP contribution in [0.4, 0.5) is 0 Å². The van der Waals surface area contributed by atoms with E-state index in [1.165, 1.54) is 4.31 Å². The van der Waals surface area contributed by atoms with Gasteiger partial charge in [-0.15, -0.1) is 0 Å². The highest BCUT2D eigenvalue weighted by molar-refractivity contribution is 7.89. The van der Waals surface area contributed by atoms with Crippen molar-refractivity contribution < 1.29 is 8.42 Å². The number of hydrogen-bond donors (Lipinski definition) is 0. The number of rotatable bonds is 4. The van der Waals surface area contributed by atoms with Gasteiger partial charge in [-0.3, -0.25) is 0 Å². The minimum atomic E-state index is -3.11. The second-order valence-corrected chi connectivity index (χ2v) is 5.48. The molecule has 0 fully saturated rings. The van der Waals surface area contributed by atoms with Gasteiger partial charge in [0.15, 0.2) is 0 Å².